The second-order valence-electron chi connectivity index (χ2n) is 10.6. The lowest BCUT2D eigenvalue weighted by atomic mass is 9.97. The third-order valence-electron chi connectivity index (χ3n) is 7.06. The van der Waals surface area contributed by atoms with E-state index < -0.39 is 47.9 Å². The maximum Gasteiger partial charge on any atom is 0.326 e. The van der Waals surface area contributed by atoms with E-state index in [1.54, 1.807) is 27.0 Å². The molecule has 41 heavy (non-hydrogen) atoms. The molecule has 0 aliphatic heterocycles. The Morgan fingerprint density at radius 1 is 0.976 bits per heavy atom. The highest BCUT2D eigenvalue weighted by atomic mass is 16.4. The minimum absolute atomic E-state index is 0.0546. The Bertz CT molecular complexity index is 1220. The van der Waals surface area contributed by atoms with Gasteiger partial charge < -0.3 is 43.2 Å². The summed E-state index contributed by atoms with van der Waals surface area (Å²) >= 11 is 0. The highest BCUT2D eigenvalue weighted by Gasteiger charge is 2.33. The molecule has 226 valence electrons. The summed E-state index contributed by atoms with van der Waals surface area (Å²) in [6.07, 6.45) is 3.18. The zero-order valence-corrected chi connectivity index (χ0v) is 24.1. The fourth-order valence-electron chi connectivity index (χ4n) is 4.37. The van der Waals surface area contributed by atoms with Crippen molar-refractivity contribution in [3.05, 3.63) is 36.0 Å². The first-order valence-electron chi connectivity index (χ1n) is 13.9. The fraction of sp³-hybridized carbons (Fsp3) is 0.536. The average molecular weight is 573 g/mol. The highest BCUT2D eigenvalue weighted by molar-refractivity contribution is 5.95. The van der Waals surface area contributed by atoms with Crippen LogP contribution in [0.25, 0.3) is 10.9 Å². The van der Waals surface area contributed by atoms with Crippen LogP contribution in [0.2, 0.25) is 0 Å². The van der Waals surface area contributed by atoms with Crippen LogP contribution in [0.3, 0.4) is 0 Å². The van der Waals surface area contributed by atoms with Gasteiger partial charge in [-0.1, -0.05) is 52.3 Å². The smallest absolute Gasteiger partial charge is 0.326 e. The monoisotopic (exact) mass is 572 g/mol. The van der Waals surface area contributed by atoms with Gasteiger partial charge in [-0.15, -0.1) is 0 Å². The summed E-state index contributed by atoms with van der Waals surface area (Å²) in [7, 11) is 0. The Hall–Kier alpha value is -4.13. The Kier molecular flexibility index (Phi) is 12.6. The van der Waals surface area contributed by atoms with Crippen LogP contribution in [0.15, 0.2) is 35.5 Å². The number of carbonyl (C=O) groups is 4. The molecule has 0 aliphatic rings. The number of nitrogens with zero attached hydrogens (tertiary/aromatic N) is 1. The van der Waals surface area contributed by atoms with E-state index in [4.69, 9.17) is 17.2 Å². The molecule has 5 unspecified atom stereocenters. The van der Waals surface area contributed by atoms with Gasteiger partial charge in [-0.05, 0) is 36.3 Å². The lowest BCUT2D eigenvalue weighted by Gasteiger charge is -2.28. The second-order valence-corrected chi connectivity index (χ2v) is 10.6. The van der Waals surface area contributed by atoms with Crippen molar-refractivity contribution in [1.82, 2.24) is 20.9 Å². The van der Waals surface area contributed by atoms with E-state index in [0.717, 1.165) is 16.5 Å². The number of nitrogens with two attached hydrogens (primary N) is 3. The van der Waals surface area contributed by atoms with Crippen LogP contribution in [0, 0.1) is 11.8 Å². The number of fused-ring (bicyclic) bond motifs is 1. The molecular formula is C28H44N8O5. The number of carboxylic acids is 1. The van der Waals surface area contributed by atoms with Crippen molar-refractivity contribution in [3.63, 3.8) is 0 Å². The SMILES string of the molecule is CCC(C)C(NC(=O)C(NC(=O)C(Cc1c[nH]c2ccccc12)NC(=O)C(N)CCCN=C(N)N)C(C)C)C(=O)O. The van der Waals surface area contributed by atoms with Crippen LogP contribution in [0.1, 0.15) is 52.5 Å². The summed E-state index contributed by atoms with van der Waals surface area (Å²) in [4.78, 5) is 58.6. The van der Waals surface area contributed by atoms with Gasteiger partial charge in [-0.25, -0.2) is 4.79 Å². The molecule has 1 aromatic heterocycles. The Morgan fingerprint density at radius 3 is 2.24 bits per heavy atom. The first kappa shape index (κ1) is 33.1. The third kappa shape index (κ3) is 9.78. The number of carbonyl (C=O) groups excluding carboxylic acids is 3. The minimum Gasteiger partial charge on any atom is -0.480 e. The lowest BCUT2D eigenvalue weighted by molar-refractivity contribution is -0.144. The molecule has 0 bridgehead atoms. The maximum atomic E-state index is 13.6. The molecule has 5 atom stereocenters. The van der Waals surface area contributed by atoms with Crippen molar-refractivity contribution in [3.8, 4) is 0 Å². The van der Waals surface area contributed by atoms with Gasteiger partial charge in [0.2, 0.25) is 17.7 Å². The largest absolute Gasteiger partial charge is 0.480 e. The molecule has 0 saturated carbocycles. The number of hydrogen-bond donors (Lipinski definition) is 8. The molecule has 0 radical (unpaired) electrons. The van der Waals surface area contributed by atoms with E-state index in [9.17, 15) is 24.3 Å². The van der Waals surface area contributed by atoms with E-state index in [1.807, 2.05) is 31.2 Å². The van der Waals surface area contributed by atoms with Gasteiger partial charge >= 0.3 is 5.97 Å². The van der Waals surface area contributed by atoms with E-state index in [1.165, 1.54) is 0 Å². The number of nitrogens with one attached hydrogen (secondary N) is 4. The molecule has 2 rings (SSSR count). The van der Waals surface area contributed by atoms with E-state index in [-0.39, 0.29) is 30.6 Å². The van der Waals surface area contributed by atoms with Crippen LogP contribution in [0.4, 0.5) is 0 Å². The summed E-state index contributed by atoms with van der Waals surface area (Å²) in [6, 6.07) is 3.42. The number of aromatic nitrogens is 1. The zero-order valence-electron chi connectivity index (χ0n) is 24.1. The maximum absolute atomic E-state index is 13.6. The number of aromatic amines is 1. The van der Waals surface area contributed by atoms with Gasteiger partial charge in [0.25, 0.3) is 0 Å². The van der Waals surface area contributed by atoms with Gasteiger partial charge in [0.05, 0.1) is 6.04 Å². The van der Waals surface area contributed by atoms with Crippen molar-refractivity contribution < 1.29 is 24.3 Å². The number of hydrogen-bond acceptors (Lipinski definition) is 6. The van der Waals surface area contributed by atoms with Crippen molar-refractivity contribution in [2.45, 2.75) is 77.5 Å². The van der Waals surface area contributed by atoms with Gasteiger partial charge in [-0.3, -0.25) is 19.4 Å². The standard InChI is InChI=1S/C28H44N8O5/c1-5-16(4)23(27(40)41)36-26(39)22(15(2)3)35-25(38)21(13-17-14-33-20-11-7-6-9-18(17)20)34-24(37)19(29)10-8-12-32-28(30)31/h6-7,9,11,14-16,19,21-23,33H,5,8,10,12-13,29H2,1-4H3,(H,34,37)(H,35,38)(H,36,39)(H,40,41)(H4,30,31,32). The number of guanidine groups is 1. The number of aliphatic carboxylic acids is 1. The molecule has 1 heterocycles. The Labute approximate surface area is 240 Å². The predicted molar refractivity (Wildman–Crippen MR) is 158 cm³/mol. The molecule has 0 fully saturated rings. The lowest BCUT2D eigenvalue weighted by Crippen LogP contribution is -2.59. The molecule has 1 aromatic carbocycles. The van der Waals surface area contributed by atoms with Crippen LogP contribution in [0.5, 0.6) is 0 Å². The first-order chi connectivity index (χ1) is 19.3. The van der Waals surface area contributed by atoms with E-state index in [0.29, 0.717) is 19.4 Å². The first-order valence-corrected chi connectivity index (χ1v) is 13.9. The van der Waals surface area contributed by atoms with Crippen molar-refractivity contribution in [2.75, 3.05) is 6.54 Å². The second kappa shape index (κ2) is 15.6. The Morgan fingerprint density at radius 2 is 1.63 bits per heavy atom. The van der Waals surface area contributed by atoms with E-state index in [2.05, 4.69) is 25.9 Å². The number of amides is 3. The normalized spacial score (nSPS) is 14.9. The van der Waals surface area contributed by atoms with Crippen molar-refractivity contribution in [1.29, 1.82) is 0 Å². The molecule has 11 N–H and O–H groups in total. The highest BCUT2D eigenvalue weighted by Crippen LogP contribution is 2.19. The molecule has 13 heteroatoms. The van der Waals surface area contributed by atoms with Crippen molar-refractivity contribution >= 4 is 40.6 Å². The molecular weight excluding hydrogens is 528 g/mol. The van der Waals surface area contributed by atoms with Crippen LogP contribution in [-0.2, 0) is 25.6 Å². The average Bonchev–Trinajstić information content (AvgIpc) is 3.33. The molecule has 2 aromatic rings. The fourth-order valence-corrected chi connectivity index (χ4v) is 4.37. The Balaban J connectivity index is 2.25. The minimum atomic E-state index is -1.15. The number of H-pyrrole nitrogens is 1. The van der Waals surface area contributed by atoms with Crippen LogP contribution < -0.4 is 33.2 Å². The summed E-state index contributed by atoms with van der Waals surface area (Å²) in [5.74, 6) is -3.64. The summed E-state index contributed by atoms with van der Waals surface area (Å²) < 4.78 is 0. The number of para-hydroxylation sites is 1. The number of rotatable bonds is 16. The summed E-state index contributed by atoms with van der Waals surface area (Å²) in [6.45, 7) is 7.35. The predicted octanol–water partition coefficient (Wildman–Crippen LogP) is 0.332. The molecule has 13 nitrogen and oxygen atoms in total. The van der Waals surface area contributed by atoms with Gasteiger partial charge in [0.1, 0.15) is 18.1 Å². The zero-order chi connectivity index (χ0) is 30.7. The number of benzene rings is 1. The molecule has 0 saturated heterocycles. The number of carboxylic acid groups (broad SMARTS) is 1. The van der Waals surface area contributed by atoms with Crippen LogP contribution >= 0.6 is 0 Å². The van der Waals surface area contributed by atoms with E-state index >= 15 is 0 Å². The molecule has 3 amide bonds. The quantitative estimate of drug-likeness (QED) is 0.0791. The van der Waals surface area contributed by atoms with Gasteiger partial charge in [0, 0.05) is 30.1 Å². The summed E-state index contributed by atoms with van der Waals surface area (Å²) in [5.41, 5.74) is 18.4. The van der Waals surface area contributed by atoms with Gasteiger partial charge in [0.15, 0.2) is 5.96 Å². The van der Waals surface area contributed by atoms with Gasteiger partial charge in [-0.2, -0.15) is 0 Å². The third-order valence-corrected chi connectivity index (χ3v) is 7.06. The van der Waals surface area contributed by atoms with Crippen molar-refractivity contribution in [2.24, 2.45) is 34.0 Å². The van der Waals surface area contributed by atoms with Crippen LogP contribution in [-0.4, -0.2) is 70.5 Å². The topological polar surface area (TPSA) is 231 Å². The summed E-state index contributed by atoms with van der Waals surface area (Å²) in [5, 5.41) is 18.5. The number of aliphatic imine (C=N–C) groups is 1. The molecule has 0 spiro atoms. The molecule has 0 aliphatic carbocycles.